The minimum absolute atomic E-state index is 0.152. The van der Waals surface area contributed by atoms with E-state index in [1.54, 1.807) is 6.92 Å². The smallest absolute Gasteiger partial charge is 0.271 e. The summed E-state index contributed by atoms with van der Waals surface area (Å²) in [6, 6.07) is 6.73. The Kier molecular flexibility index (Phi) is 4.09. The predicted molar refractivity (Wildman–Crippen MR) is 70.9 cm³/mol. The number of anilines is 1. The van der Waals surface area contributed by atoms with Gasteiger partial charge in [0, 0.05) is 18.7 Å². The Bertz CT molecular complexity index is 616. The van der Waals surface area contributed by atoms with Gasteiger partial charge < -0.3 is 15.8 Å². The summed E-state index contributed by atoms with van der Waals surface area (Å²) >= 11 is 0. The van der Waals surface area contributed by atoms with Crippen LogP contribution in [0.4, 0.5) is 10.1 Å². The van der Waals surface area contributed by atoms with Crippen molar-refractivity contribution in [3.05, 3.63) is 41.8 Å². The number of nitrogens with one attached hydrogen (secondary N) is 1. The number of nitrogen functional groups attached to an aromatic ring is 1. The van der Waals surface area contributed by atoms with Crippen LogP contribution in [0, 0.1) is 5.82 Å². The molecule has 1 heterocycles. The Morgan fingerprint density at radius 2 is 2.15 bits per heavy atom. The van der Waals surface area contributed by atoms with Gasteiger partial charge in [-0.2, -0.15) is 0 Å². The molecule has 0 aliphatic heterocycles. The van der Waals surface area contributed by atoms with Crippen LogP contribution in [0.3, 0.4) is 0 Å². The van der Waals surface area contributed by atoms with E-state index in [2.05, 4.69) is 15.5 Å². The standard InChI is InChI=1S/C13H13FN4O2/c1-2-16-13(19)10-4-6-12(18-17-10)20-11-5-3-8(14)7-9(11)15/h3-7H,2,15H2,1H3,(H,16,19). The van der Waals surface area contributed by atoms with E-state index in [1.807, 2.05) is 0 Å². The van der Waals surface area contributed by atoms with Crippen molar-refractivity contribution in [2.75, 3.05) is 12.3 Å². The minimum Gasteiger partial charge on any atom is -0.435 e. The van der Waals surface area contributed by atoms with Gasteiger partial charge in [0.1, 0.15) is 5.82 Å². The molecule has 104 valence electrons. The maximum atomic E-state index is 12.9. The maximum Gasteiger partial charge on any atom is 0.271 e. The molecular weight excluding hydrogens is 263 g/mol. The van der Waals surface area contributed by atoms with Gasteiger partial charge in [-0.3, -0.25) is 4.79 Å². The lowest BCUT2D eigenvalue weighted by Crippen LogP contribution is -2.23. The van der Waals surface area contributed by atoms with E-state index in [9.17, 15) is 9.18 Å². The molecule has 0 saturated heterocycles. The molecule has 0 atom stereocenters. The van der Waals surface area contributed by atoms with E-state index in [0.717, 1.165) is 6.07 Å². The molecule has 0 fully saturated rings. The summed E-state index contributed by atoms with van der Waals surface area (Å²) < 4.78 is 18.3. The van der Waals surface area contributed by atoms with E-state index >= 15 is 0 Å². The molecule has 20 heavy (non-hydrogen) atoms. The number of hydrogen-bond acceptors (Lipinski definition) is 5. The summed E-state index contributed by atoms with van der Waals surface area (Å²) in [4.78, 5) is 11.5. The number of hydrogen-bond donors (Lipinski definition) is 2. The lowest BCUT2D eigenvalue weighted by Gasteiger charge is -2.07. The molecule has 0 bridgehead atoms. The zero-order chi connectivity index (χ0) is 14.5. The van der Waals surface area contributed by atoms with Crippen molar-refractivity contribution in [1.82, 2.24) is 15.5 Å². The molecule has 0 saturated carbocycles. The third-order valence-corrected chi connectivity index (χ3v) is 2.40. The van der Waals surface area contributed by atoms with Gasteiger partial charge in [0.05, 0.1) is 5.69 Å². The highest BCUT2D eigenvalue weighted by Crippen LogP contribution is 2.26. The number of nitrogens with two attached hydrogens (primary N) is 1. The fourth-order valence-corrected chi connectivity index (χ4v) is 1.47. The number of amides is 1. The topological polar surface area (TPSA) is 90.1 Å². The van der Waals surface area contributed by atoms with Gasteiger partial charge in [-0.1, -0.05) is 0 Å². The van der Waals surface area contributed by atoms with Crippen LogP contribution in [0.2, 0.25) is 0 Å². The average molecular weight is 276 g/mol. The van der Waals surface area contributed by atoms with Crippen molar-refractivity contribution in [2.45, 2.75) is 6.92 Å². The largest absolute Gasteiger partial charge is 0.435 e. The first-order valence-electron chi connectivity index (χ1n) is 5.95. The van der Waals surface area contributed by atoms with E-state index in [4.69, 9.17) is 10.5 Å². The minimum atomic E-state index is -0.451. The number of benzene rings is 1. The second kappa shape index (κ2) is 5.96. The number of nitrogens with zero attached hydrogens (tertiary/aromatic N) is 2. The first-order valence-corrected chi connectivity index (χ1v) is 5.95. The molecule has 1 amide bonds. The molecular formula is C13H13FN4O2. The van der Waals surface area contributed by atoms with Gasteiger partial charge in [0.2, 0.25) is 5.88 Å². The van der Waals surface area contributed by atoms with Crippen LogP contribution in [0.5, 0.6) is 11.6 Å². The number of halogens is 1. The number of ether oxygens (including phenoxy) is 1. The van der Waals surface area contributed by atoms with E-state index in [0.29, 0.717) is 6.54 Å². The van der Waals surface area contributed by atoms with Gasteiger partial charge in [-0.15, -0.1) is 10.2 Å². The van der Waals surface area contributed by atoms with Crippen LogP contribution in [-0.2, 0) is 0 Å². The molecule has 3 N–H and O–H groups in total. The Morgan fingerprint density at radius 3 is 2.75 bits per heavy atom. The normalized spacial score (nSPS) is 10.1. The first kappa shape index (κ1) is 13.7. The van der Waals surface area contributed by atoms with Gasteiger partial charge in [0.25, 0.3) is 5.91 Å². The summed E-state index contributed by atoms with van der Waals surface area (Å²) in [6.07, 6.45) is 0. The number of rotatable bonds is 4. The van der Waals surface area contributed by atoms with Gasteiger partial charge in [-0.25, -0.2) is 4.39 Å². The van der Waals surface area contributed by atoms with Gasteiger partial charge in [-0.05, 0) is 25.1 Å². The summed E-state index contributed by atoms with van der Waals surface area (Å²) in [6.45, 7) is 2.31. The van der Waals surface area contributed by atoms with Crippen LogP contribution >= 0.6 is 0 Å². The van der Waals surface area contributed by atoms with Crippen LogP contribution in [0.25, 0.3) is 0 Å². The Balaban J connectivity index is 2.12. The fraction of sp³-hybridized carbons (Fsp3) is 0.154. The fourth-order valence-electron chi connectivity index (χ4n) is 1.47. The van der Waals surface area contributed by atoms with Crippen LogP contribution in [0.1, 0.15) is 17.4 Å². The lowest BCUT2D eigenvalue weighted by molar-refractivity contribution is 0.0949. The van der Waals surface area contributed by atoms with Crippen molar-refractivity contribution >= 4 is 11.6 Å². The lowest BCUT2D eigenvalue weighted by atomic mass is 10.3. The Hall–Kier alpha value is -2.70. The molecule has 1 aromatic carbocycles. The summed E-state index contributed by atoms with van der Waals surface area (Å²) in [7, 11) is 0. The summed E-state index contributed by atoms with van der Waals surface area (Å²) in [5, 5.41) is 10.1. The third kappa shape index (κ3) is 3.19. The second-order valence-corrected chi connectivity index (χ2v) is 3.90. The summed E-state index contributed by atoms with van der Waals surface area (Å²) in [5.41, 5.74) is 5.95. The van der Waals surface area contributed by atoms with E-state index < -0.39 is 5.82 Å². The molecule has 0 aliphatic rings. The molecule has 6 nitrogen and oxygen atoms in total. The highest BCUT2D eigenvalue weighted by atomic mass is 19.1. The molecule has 1 aromatic heterocycles. The van der Waals surface area contributed by atoms with Crippen molar-refractivity contribution in [1.29, 1.82) is 0 Å². The molecule has 0 spiro atoms. The monoisotopic (exact) mass is 276 g/mol. The molecule has 0 unspecified atom stereocenters. The maximum absolute atomic E-state index is 12.9. The zero-order valence-electron chi connectivity index (χ0n) is 10.8. The highest BCUT2D eigenvalue weighted by molar-refractivity contribution is 5.91. The van der Waals surface area contributed by atoms with Crippen molar-refractivity contribution in [3.8, 4) is 11.6 Å². The summed E-state index contributed by atoms with van der Waals surface area (Å²) in [5.74, 6) is -0.330. The quantitative estimate of drug-likeness (QED) is 0.830. The van der Waals surface area contributed by atoms with Crippen LogP contribution in [0.15, 0.2) is 30.3 Å². The number of carbonyl (C=O) groups is 1. The molecule has 0 radical (unpaired) electrons. The van der Waals surface area contributed by atoms with Gasteiger partial charge in [0.15, 0.2) is 11.4 Å². The highest BCUT2D eigenvalue weighted by Gasteiger charge is 2.09. The Morgan fingerprint density at radius 1 is 1.35 bits per heavy atom. The van der Waals surface area contributed by atoms with E-state index in [-0.39, 0.29) is 28.9 Å². The van der Waals surface area contributed by atoms with E-state index in [1.165, 1.54) is 24.3 Å². The van der Waals surface area contributed by atoms with Crippen molar-refractivity contribution in [3.63, 3.8) is 0 Å². The van der Waals surface area contributed by atoms with Crippen molar-refractivity contribution < 1.29 is 13.9 Å². The first-order chi connectivity index (χ1) is 9.60. The molecule has 0 aliphatic carbocycles. The van der Waals surface area contributed by atoms with Crippen LogP contribution in [-0.4, -0.2) is 22.6 Å². The SMILES string of the molecule is CCNC(=O)c1ccc(Oc2ccc(F)cc2N)nn1. The molecule has 2 rings (SSSR count). The van der Waals surface area contributed by atoms with Gasteiger partial charge >= 0.3 is 0 Å². The molecule has 7 heteroatoms. The number of carbonyl (C=O) groups excluding carboxylic acids is 1. The Labute approximate surface area is 114 Å². The molecule has 2 aromatic rings. The van der Waals surface area contributed by atoms with Crippen LogP contribution < -0.4 is 15.8 Å². The average Bonchev–Trinajstić information content (AvgIpc) is 2.43. The second-order valence-electron chi connectivity index (χ2n) is 3.90. The zero-order valence-corrected chi connectivity index (χ0v) is 10.8. The third-order valence-electron chi connectivity index (χ3n) is 2.40. The number of aromatic nitrogens is 2. The van der Waals surface area contributed by atoms with Crippen molar-refractivity contribution in [2.24, 2.45) is 0 Å². The predicted octanol–water partition coefficient (Wildman–Crippen LogP) is 1.74.